The molecule has 0 bridgehead atoms. The summed E-state index contributed by atoms with van der Waals surface area (Å²) in [5.41, 5.74) is 0. The van der Waals surface area contributed by atoms with E-state index in [0.29, 0.717) is 24.0 Å². The topological polar surface area (TPSA) is 52.1 Å². The van der Waals surface area contributed by atoms with Crippen molar-refractivity contribution in [2.24, 2.45) is 10.9 Å². The van der Waals surface area contributed by atoms with Crippen LogP contribution in [0, 0.1) is 5.92 Å². The van der Waals surface area contributed by atoms with Crippen LogP contribution < -0.4 is 10.6 Å². The molecule has 3 aliphatic rings. The van der Waals surface area contributed by atoms with Gasteiger partial charge in [0, 0.05) is 44.3 Å². The van der Waals surface area contributed by atoms with Crippen molar-refractivity contribution < 1.29 is 4.74 Å². The molecule has 4 unspecified atom stereocenters. The zero-order valence-electron chi connectivity index (χ0n) is 16.5. The molecule has 3 saturated heterocycles. The third kappa shape index (κ3) is 4.86. The summed E-state index contributed by atoms with van der Waals surface area (Å²) in [4.78, 5) is 9.98. The van der Waals surface area contributed by atoms with Gasteiger partial charge in [-0.05, 0) is 46.1 Å². The normalized spacial score (nSPS) is 34.5. The van der Waals surface area contributed by atoms with E-state index in [4.69, 9.17) is 9.73 Å². The van der Waals surface area contributed by atoms with Crippen LogP contribution in [-0.2, 0) is 4.74 Å². The molecule has 0 aromatic carbocycles. The molecule has 0 spiro atoms. The molecule has 0 aliphatic carbocycles. The Morgan fingerprint density at radius 2 is 2.12 bits per heavy atom. The highest BCUT2D eigenvalue weighted by atomic mass is 16.5. The Labute approximate surface area is 153 Å². The molecule has 0 saturated carbocycles. The fraction of sp³-hybridized carbons (Fsp3) is 0.947. The van der Waals surface area contributed by atoms with Crippen molar-refractivity contribution in [3.8, 4) is 0 Å². The molecule has 3 aliphatic heterocycles. The fourth-order valence-corrected chi connectivity index (χ4v) is 4.30. The average Bonchev–Trinajstić information content (AvgIpc) is 3.19. The van der Waals surface area contributed by atoms with Crippen molar-refractivity contribution in [3.05, 3.63) is 0 Å². The summed E-state index contributed by atoms with van der Waals surface area (Å²) in [5, 5.41) is 7.08. The summed E-state index contributed by atoms with van der Waals surface area (Å²) in [7, 11) is 0. The van der Waals surface area contributed by atoms with Gasteiger partial charge >= 0.3 is 0 Å². The summed E-state index contributed by atoms with van der Waals surface area (Å²) in [6, 6.07) is 1.74. The third-order valence-corrected chi connectivity index (χ3v) is 5.95. The number of morpholine rings is 1. The zero-order chi connectivity index (χ0) is 17.8. The van der Waals surface area contributed by atoms with Crippen molar-refractivity contribution in [3.63, 3.8) is 0 Å². The largest absolute Gasteiger partial charge is 0.373 e. The minimum absolute atomic E-state index is 0.234. The van der Waals surface area contributed by atoms with Gasteiger partial charge < -0.3 is 15.4 Å². The maximum atomic E-state index is 6.05. The van der Waals surface area contributed by atoms with Crippen molar-refractivity contribution in [2.75, 3.05) is 45.9 Å². The van der Waals surface area contributed by atoms with Gasteiger partial charge in [0.25, 0.3) is 0 Å². The molecular formula is C19H37N5O. The highest BCUT2D eigenvalue weighted by Gasteiger charge is 2.33. The number of hydrogen-bond donors (Lipinski definition) is 2. The Morgan fingerprint density at radius 1 is 1.28 bits per heavy atom. The SMILES string of the molecule is CCNC(=NCC1CN2CCCC2CO1)NC1CN(C(C)C)CC1C. The summed E-state index contributed by atoms with van der Waals surface area (Å²) < 4.78 is 6.05. The predicted molar refractivity (Wildman–Crippen MR) is 103 cm³/mol. The summed E-state index contributed by atoms with van der Waals surface area (Å²) >= 11 is 0. The van der Waals surface area contributed by atoms with Gasteiger partial charge in [-0.15, -0.1) is 0 Å². The lowest BCUT2D eigenvalue weighted by Gasteiger charge is -2.34. The molecule has 4 atom stereocenters. The number of rotatable bonds is 5. The molecule has 0 amide bonds. The van der Waals surface area contributed by atoms with Crippen molar-refractivity contribution >= 4 is 5.96 Å². The van der Waals surface area contributed by atoms with Crippen LogP contribution in [0.15, 0.2) is 4.99 Å². The molecular weight excluding hydrogens is 314 g/mol. The van der Waals surface area contributed by atoms with E-state index in [1.807, 2.05) is 0 Å². The van der Waals surface area contributed by atoms with Crippen LogP contribution in [0.5, 0.6) is 0 Å². The van der Waals surface area contributed by atoms with Crippen LogP contribution in [0.4, 0.5) is 0 Å². The smallest absolute Gasteiger partial charge is 0.191 e. The number of hydrogen-bond acceptors (Lipinski definition) is 4. The Morgan fingerprint density at radius 3 is 2.84 bits per heavy atom. The predicted octanol–water partition coefficient (Wildman–Crippen LogP) is 1.13. The van der Waals surface area contributed by atoms with Gasteiger partial charge in [0.05, 0.1) is 19.3 Å². The Hall–Kier alpha value is -0.850. The number of guanidine groups is 1. The lowest BCUT2D eigenvalue weighted by molar-refractivity contribution is -0.0432. The molecule has 0 aromatic heterocycles. The third-order valence-electron chi connectivity index (χ3n) is 5.95. The van der Waals surface area contributed by atoms with Crippen molar-refractivity contribution in [1.82, 2.24) is 20.4 Å². The molecule has 2 N–H and O–H groups in total. The van der Waals surface area contributed by atoms with E-state index in [0.717, 1.165) is 45.3 Å². The van der Waals surface area contributed by atoms with Gasteiger partial charge in [-0.2, -0.15) is 0 Å². The maximum absolute atomic E-state index is 6.05. The summed E-state index contributed by atoms with van der Waals surface area (Å²) in [6.45, 7) is 16.1. The first-order valence-corrected chi connectivity index (χ1v) is 10.2. The van der Waals surface area contributed by atoms with E-state index in [-0.39, 0.29) is 6.10 Å². The van der Waals surface area contributed by atoms with Gasteiger partial charge in [0.2, 0.25) is 0 Å². The number of fused-ring (bicyclic) bond motifs is 1. The molecule has 3 rings (SSSR count). The van der Waals surface area contributed by atoms with Crippen LogP contribution >= 0.6 is 0 Å². The van der Waals surface area contributed by atoms with E-state index in [9.17, 15) is 0 Å². The van der Waals surface area contributed by atoms with E-state index in [2.05, 4.69) is 48.1 Å². The van der Waals surface area contributed by atoms with E-state index in [1.165, 1.54) is 19.4 Å². The second-order valence-corrected chi connectivity index (χ2v) is 8.24. The Bertz CT molecular complexity index is 455. The van der Waals surface area contributed by atoms with Crippen molar-refractivity contribution in [2.45, 2.75) is 64.8 Å². The number of nitrogens with one attached hydrogen (secondary N) is 2. The van der Waals surface area contributed by atoms with Crippen molar-refractivity contribution in [1.29, 1.82) is 0 Å². The monoisotopic (exact) mass is 351 g/mol. The Balaban J connectivity index is 1.52. The summed E-state index contributed by atoms with van der Waals surface area (Å²) in [6.07, 6.45) is 2.85. The lowest BCUT2D eigenvalue weighted by atomic mass is 10.1. The standard InChI is InChI=1S/C19H37N5O/c1-5-20-19(22-18-12-24(14(2)3)10-15(18)4)21-9-17-11-23-8-6-7-16(23)13-25-17/h14-18H,5-13H2,1-4H3,(H2,20,21,22). The van der Waals surface area contributed by atoms with Crippen LogP contribution in [0.25, 0.3) is 0 Å². The van der Waals surface area contributed by atoms with Gasteiger partial charge in [0.1, 0.15) is 0 Å². The molecule has 3 heterocycles. The highest BCUT2D eigenvalue weighted by Crippen LogP contribution is 2.22. The Kier molecular flexibility index (Phi) is 6.58. The second kappa shape index (κ2) is 8.69. The fourth-order valence-electron chi connectivity index (χ4n) is 4.30. The van der Waals surface area contributed by atoms with Crippen LogP contribution in [-0.4, -0.2) is 85.9 Å². The molecule has 0 radical (unpaired) electrons. The zero-order valence-corrected chi connectivity index (χ0v) is 16.5. The number of ether oxygens (including phenoxy) is 1. The molecule has 144 valence electrons. The first-order valence-electron chi connectivity index (χ1n) is 10.2. The van der Waals surface area contributed by atoms with Gasteiger partial charge in [-0.3, -0.25) is 14.8 Å². The van der Waals surface area contributed by atoms with Crippen LogP contribution in [0.3, 0.4) is 0 Å². The summed E-state index contributed by atoms with van der Waals surface area (Å²) in [5.74, 6) is 1.58. The minimum Gasteiger partial charge on any atom is -0.373 e. The molecule has 3 fully saturated rings. The van der Waals surface area contributed by atoms with Gasteiger partial charge in [-0.25, -0.2) is 0 Å². The number of likely N-dealkylation sites (tertiary alicyclic amines) is 1. The van der Waals surface area contributed by atoms with E-state index >= 15 is 0 Å². The van der Waals surface area contributed by atoms with Crippen LogP contribution in [0.1, 0.15) is 40.5 Å². The number of nitrogens with zero attached hydrogens (tertiary/aromatic N) is 3. The van der Waals surface area contributed by atoms with Gasteiger partial charge in [0.15, 0.2) is 5.96 Å². The van der Waals surface area contributed by atoms with Gasteiger partial charge in [-0.1, -0.05) is 6.92 Å². The quantitative estimate of drug-likeness (QED) is 0.575. The first-order chi connectivity index (χ1) is 12.1. The first kappa shape index (κ1) is 18.9. The molecule has 25 heavy (non-hydrogen) atoms. The number of aliphatic imine (C=N–C) groups is 1. The average molecular weight is 352 g/mol. The van der Waals surface area contributed by atoms with Crippen LogP contribution in [0.2, 0.25) is 0 Å². The highest BCUT2D eigenvalue weighted by molar-refractivity contribution is 5.80. The molecule has 0 aromatic rings. The lowest BCUT2D eigenvalue weighted by Crippen LogP contribution is -2.49. The maximum Gasteiger partial charge on any atom is 0.191 e. The second-order valence-electron chi connectivity index (χ2n) is 8.24. The molecule has 6 heteroatoms. The van der Waals surface area contributed by atoms with E-state index in [1.54, 1.807) is 0 Å². The molecule has 6 nitrogen and oxygen atoms in total. The van der Waals surface area contributed by atoms with E-state index < -0.39 is 0 Å². The minimum atomic E-state index is 0.234.